The Morgan fingerprint density at radius 1 is 1.50 bits per heavy atom. The maximum absolute atomic E-state index is 5.81. The molecule has 0 aromatic rings. The summed E-state index contributed by atoms with van der Waals surface area (Å²) < 4.78 is 0. The van der Waals surface area contributed by atoms with Crippen LogP contribution in [0.4, 0.5) is 0 Å². The van der Waals surface area contributed by atoms with Crippen LogP contribution in [0.25, 0.3) is 0 Å². The first-order chi connectivity index (χ1) is 4.66. The Balaban J connectivity index is 3.16. The minimum absolute atomic E-state index is 0.279. The van der Waals surface area contributed by atoms with Gasteiger partial charge in [0.05, 0.1) is 0 Å². The fourth-order valence-electron chi connectivity index (χ4n) is 0.949. The van der Waals surface area contributed by atoms with Crippen LogP contribution in [0, 0.1) is 0 Å². The van der Waals surface area contributed by atoms with Crippen molar-refractivity contribution in [3.8, 4) is 0 Å². The Morgan fingerprint density at radius 2 is 2.10 bits per heavy atom. The highest BCUT2D eigenvalue weighted by Crippen LogP contribution is 1.98. The molecule has 1 nitrogen and oxygen atoms in total. The third-order valence-corrected chi connectivity index (χ3v) is 1.59. The first-order valence-electron chi connectivity index (χ1n) is 3.99. The van der Waals surface area contributed by atoms with Crippen molar-refractivity contribution in [2.75, 3.05) is 20.1 Å². The molecule has 0 saturated heterocycles. The molecule has 0 rings (SSSR count). The summed E-state index contributed by atoms with van der Waals surface area (Å²) in [4.78, 5) is 2.28. The summed E-state index contributed by atoms with van der Waals surface area (Å²) in [6.45, 7) is 6.41. The monoisotopic (exact) mass is 163 g/mol. The molecule has 10 heavy (non-hydrogen) atoms. The number of unbranched alkanes of at least 4 members (excludes halogenated alkanes) is 1. The van der Waals surface area contributed by atoms with Crippen LogP contribution in [-0.4, -0.2) is 30.4 Å². The molecule has 0 fully saturated rings. The topological polar surface area (TPSA) is 3.24 Å². The highest BCUT2D eigenvalue weighted by atomic mass is 35.5. The van der Waals surface area contributed by atoms with Gasteiger partial charge in [0.25, 0.3) is 0 Å². The third kappa shape index (κ3) is 6.37. The van der Waals surface area contributed by atoms with E-state index in [1.54, 1.807) is 0 Å². The normalized spacial score (nSPS) is 14.1. The minimum Gasteiger partial charge on any atom is -0.305 e. The molecule has 0 aromatic heterocycles. The smallest absolute Gasteiger partial charge is 0.0434 e. The first kappa shape index (κ1) is 10.2. The summed E-state index contributed by atoms with van der Waals surface area (Å²) in [5, 5.41) is 0.279. The summed E-state index contributed by atoms with van der Waals surface area (Å²) >= 11 is 5.81. The second kappa shape index (κ2) is 5.99. The lowest BCUT2D eigenvalue weighted by molar-refractivity contribution is 0.331. The summed E-state index contributed by atoms with van der Waals surface area (Å²) in [5.41, 5.74) is 0. The predicted octanol–water partition coefficient (Wildman–Crippen LogP) is 2.35. The quantitative estimate of drug-likeness (QED) is 0.563. The van der Waals surface area contributed by atoms with Crippen molar-refractivity contribution in [1.82, 2.24) is 4.90 Å². The molecule has 0 heterocycles. The minimum atomic E-state index is 0.279. The fourth-order valence-corrected chi connectivity index (χ4v) is 1.18. The number of alkyl halides is 1. The second-order valence-electron chi connectivity index (χ2n) is 2.90. The van der Waals surface area contributed by atoms with Crippen molar-refractivity contribution in [1.29, 1.82) is 0 Å². The number of hydrogen-bond acceptors (Lipinski definition) is 1. The number of rotatable bonds is 5. The molecular formula is C8H18ClN. The molecule has 0 aromatic carbocycles. The Labute approximate surface area is 69.4 Å². The van der Waals surface area contributed by atoms with Crippen LogP contribution >= 0.6 is 11.6 Å². The van der Waals surface area contributed by atoms with Crippen molar-refractivity contribution in [2.24, 2.45) is 0 Å². The lowest BCUT2D eigenvalue weighted by Gasteiger charge is -2.16. The number of nitrogens with zero attached hydrogens (tertiary/aromatic N) is 1. The highest BCUT2D eigenvalue weighted by molar-refractivity contribution is 6.20. The van der Waals surface area contributed by atoms with E-state index >= 15 is 0 Å². The number of halogens is 1. The molecule has 0 aliphatic heterocycles. The highest BCUT2D eigenvalue weighted by Gasteiger charge is 2.00. The van der Waals surface area contributed by atoms with Crippen molar-refractivity contribution in [3.05, 3.63) is 0 Å². The Kier molecular flexibility index (Phi) is 6.14. The van der Waals surface area contributed by atoms with Crippen LogP contribution in [-0.2, 0) is 0 Å². The van der Waals surface area contributed by atoms with E-state index in [2.05, 4.69) is 18.9 Å². The van der Waals surface area contributed by atoms with Crippen LogP contribution < -0.4 is 0 Å². The van der Waals surface area contributed by atoms with E-state index in [0.29, 0.717) is 0 Å². The van der Waals surface area contributed by atoms with E-state index in [9.17, 15) is 0 Å². The van der Waals surface area contributed by atoms with Gasteiger partial charge in [-0.15, -0.1) is 11.6 Å². The Hall–Kier alpha value is 0.250. The zero-order chi connectivity index (χ0) is 7.98. The van der Waals surface area contributed by atoms with E-state index in [0.717, 1.165) is 6.54 Å². The SMILES string of the molecule is CCCCN(C)CC(C)Cl. The van der Waals surface area contributed by atoms with Crippen LogP contribution in [0.3, 0.4) is 0 Å². The van der Waals surface area contributed by atoms with Crippen LogP contribution in [0.2, 0.25) is 0 Å². The van der Waals surface area contributed by atoms with Gasteiger partial charge in [-0.1, -0.05) is 13.3 Å². The summed E-state index contributed by atoms with van der Waals surface area (Å²) in [7, 11) is 2.12. The van der Waals surface area contributed by atoms with Gasteiger partial charge in [-0.2, -0.15) is 0 Å². The first-order valence-corrected chi connectivity index (χ1v) is 4.43. The lowest BCUT2D eigenvalue weighted by Crippen LogP contribution is -2.25. The Bertz CT molecular complexity index is 73.7. The van der Waals surface area contributed by atoms with E-state index in [-0.39, 0.29) is 5.38 Å². The molecule has 0 N–H and O–H groups in total. The predicted molar refractivity (Wildman–Crippen MR) is 47.7 cm³/mol. The van der Waals surface area contributed by atoms with Crippen molar-refractivity contribution < 1.29 is 0 Å². The Morgan fingerprint density at radius 3 is 2.50 bits per heavy atom. The van der Waals surface area contributed by atoms with Crippen molar-refractivity contribution >= 4 is 11.6 Å². The van der Waals surface area contributed by atoms with Crippen LogP contribution in [0.15, 0.2) is 0 Å². The molecule has 0 radical (unpaired) electrons. The van der Waals surface area contributed by atoms with Gasteiger partial charge >= 0.3 is 0 Å². The van der Waals surface area contributed by atoms with Crippen LogP contribution in [0.5, 0.6) is 0 Å². The van der Waals surface area contributed by atoms with Crippen molar-refractivity contribution in [2.45, 2.75) is 32.1 Å². The summed E-state index contributed by atoms with van der Waals surface area (Å²) in [6.07, 6.45) is 2.54. The van der Waals surface area contributed by atoms with Gasteiger partial charge in [0.15, 0.2) is 0 Å². The summed E-state index contributed by atoms with van der Waals surface area (Å²) in [6, 6.07) is 0. The zero-order valence-corrected chi connectivity index (χ0v) is 7.99. The van der Waals surface area contributed by atoms with Gasteiger partial charge < -0.3 is 4.90 Å². The zero-order valence-electron chi connectivity index (χ0n) is 7.23. The van der Waals surface area contributed by atoms with Crippen molar-refractivity contribution in [3.63, 3.8) is 0 Å². The lowest BCUT2D eigenvalue weighted by atomic mass is 10.3. The van der Waals surface area contributed by atoms with E-state index in [4.69, 9.17) is 11.6 Å². The fraction of sp³-hybridized carbons (Fsp3) is 1.00. The molecular weight excluding hydrogens is 146 g/mol. The molecule has 0 aliphatic rings. The molecule has 0 saturated carbocycles. The van der Waals surface area contributed by atoms with Gasteiger partial charge in [0.2, 0.25) is 0 Å². The maximum Gasteiger partial charge on any atom is 0.0434 e. The molecule has 2 heteroatoms. The third-order valence-electron chi connectivity index (χ3n) is 1.46. The summed E-state index contributed by atoms with van der Waals surface area (Å²) in [5.74, 6) is 0. The molecule has 0 amide bonds. The van der Waals surface area contributed by atoms with E-state index < -0.39 is 0 Å². The second-order valence-corrected chi connectivity index (χ2v) is 3.64. The average molecular weight is 164 g/mol. The molecule has 0 aliphatic carbocycles. The maximum atomic E-state index is 5.81. The standard InChI is InChI=1S/C8H18ClN/c1-4-5-6-10(3)7-8(2)9/h8H,4-7H2,1-3H3. The van der Waals surface area contributed by atoms with E-state index in [1.165, 1.54) is 19.4 Å². The molecule has 0 spiro atoms. The van der Waals surface area contributed by atoms with Crippen LogP contribution in [0.1, 0.15) is 26.7 Å². The van der Waals surface area contributed by atoms with Gasteiger partial charge in [-0.3, -0.25) is 0 Å². The van der Waals surface area contributed by atoms with Gasteiger partial charge in [-0.05, 0) is 26.9 Å². The largest absolute Gasteiger partial charge is 0.305 e. The van der Waals surface area contributed by atoms with Gasteiger partial charge in [0, 0.05) is 11.9 Å². The molecule has 1 unspecified atom stereocenters. The number of hydrogen-bond donors (Lipinski definition) is 0. The van der Waals surface area contributed by atoms with E-state index in [1.807, 2.05) is 6.92 Å². The molecule has 1 atom stereocenters. The van der Waals surface area contributed by atoms with Gasteiger partial charge in [-0.25, -0.2) is 0 Å². The molecule has 0 bridgehead atoms. The van der Waals surface area contributed by atoms with Gasteiger partial charge in [0.1, 0.15) is 0 Å². The average Bonchev–Trinajstić information content (AvgIpc) is 1.82. The molecule has 62 valence electrons.